The molecule has 0 aliphatic carbocycles. The smallest absolute Gasteiger partial charge is 0.263 e. The second kappa shape index (κ2) is 6.39. The summed E-state index contributed by atoms with van der Waals surface area (Å²) >= 11 is 3.50. The van der Waals surface area contributed by atoms with Crippen molar-refractivity contribution in [2.24, 2.45) is 0 Å². The van der Waals surface area contributed by atoms with E-state index in [-0.39, 0.29) is 12.0 Å². The van der Waals surface area contributed by atoms with Gasteiger partial charge in [0.2, 0.25) is 0 Å². The third-order valence-corrected chi connectivity index (χ3v) is 3.84. The van der Waals surface area contributed by atoms with Crippen molar-refractivity contribution in [3.05, 3.63) is 28.2 Å². The molecule has 0 radical (unpaired) electrons. The Bertz CT molecular complexity index is 465. The molecule has 104 valence electrons. The van der Waals surface area contributed by atoms with Crippen LogP contribution in [0.1, 0.15) is 18.9 Å². The van der Waals surface area contributed by atoms with Crippen LogP contribution in [0.3, 0.4) is 0 Å². The third-order valence-electron chi connectivity index (χ3n) is 3.22. The molecule has 0 bridgehead atoms. The minimum absolute atomic E-state index is 0.0589. The summed E-state index contributed by atoms with van der Waals surface area (Å²) in [5.74, 6) is 0.789. The normalized spacial score (nSPS) is 19.0. The molecule has 1 N–H and O–H groups in total. The molecule has 4 nitrogen and oxygen atoms in total. The number of ether oxygens (including phenoxy) is 1. The predicted molar refractivity (Wildman–Crippen MR) is 78.2 cm³/mol. The van der Waals surface area contributed by atoms with Crippen LogP contribution in [0.5, 0.6) is 5.75 Å². The number of benzene rings is 1. The van der Waals surface area contributed by atoms with Gasteiger partial charge in [-0.2, -0.15) is 0 Å². The largest absolute Gasteiger partial charge is 0.479 e. The van der Waals surface area contributed by atoms with E-state index in [0.29, 0.717) is 0 Å². The Morgan fingerprint density at radius 1 is 1.53 bits per heavy atom. The van der Waals surface area contributed by atoms with Crippen LogP contribution in [0.25, 0.3) is 0 Å². The molecular formula is C14H19BrN2O2. The van der Waals surface area contributed by atoms with Crippen molar-refractivity contribution in [1.29, 1.82) is 0 Å². The van der Waals surface area contributed by atoms with Crippen LogP contribution in [0.15, 0.2) is 22.7 Å². The van der Waals surface area contributed by atoms with E-state index in [1.807, 2.05) is 18.2 Å². The zero-order valence-corrected chi connectivity index (χ0v) is 12.9. The molecular weight excluding hydrogens is 308 g/mol. The predicted octanol–water partition coefficient (Wildman–Crippen LogP) is 2.17. The van der Waals surface area contributed by atoms with Crippen LogP contribution in [-0.4, -0.2) is 37.0 Å². The fraction of sp³-hybridized carbons (Fsp3) is 0.500. The average molecular weight is 327 g/mol. The van der Waals surface area contributed by atoms with Crippen molar-refractivity contribution >= 4 is 21.8 Å². The van der Waals surface area contributed by atoms with Gasteiger partial charge in [-0.25, -0.2) is 0 Å². The van der Waals surface area contributed by atoms with Gasteiger partial charge in [-0.1, -0.05) is 13.0 Å². The standard InChI is InChI=1S/C14H19BrN2O2/c1-3-16-9-10-4-5-12(11(15)8-10)19-13-6-7-17(2)14(13)18/h4-5,8,13,16H,3,6-7,9H2,1-2H3. The number of hydrogen-bond acceptors (Lipinski definition) is 3. The van der Waals surface area contributed by atoms with Crippen LogP contribution in [-0.2, 0) is 11.3 Å². The second-order valence-corrected chi connectivity index (χ2v) is 5.55. The highest BCUT2D eigenvalue weighted by molar-refractivity contribution is 9.10. The van der Waals surface area contributed by atoms with Gasteiger partial charge in [-0.05, 0) is 40.2 Å². The monoisotopic (exact) mass is 326 g/mol. The second-order valence-electron chi connectivity index (χ2n) is 4.70. The summed E-state index contributed by atoms with van der Waals surface area (Å²) in [6, 6.07) is 5.97. The molecule has 1 aliphatic heterocycles. The number of nitrogens with zero attached hydrogens (tertiary/aromatic N) is 1. The first kappa shape index (κ1) is 14.3. The molecule has 1 saturated heterocycles. The average Bonchev–Trinajstić information content (AvgIpc) is 2.71. The summed E-state index contributed by atoms with van der Waals surface area (Å²) < 4.78 is 6.68. The number of likely N-dealkylation sites (tertiary alicyclic amines) is 1. The van der Waals surface area contributed by atoms with Crippen molar-refractivity contribution in [1.82, 2.24) is 10.2 Å². The molecule has 1 amide bonds. The number of carbonyl (C=O) groups excluding carboxylic acids is 1. The van der Waals surface area contributed by atoms with E-state index >= 15 is 0 Å². The summed E-state index contributed by atoms with van der Waals surface area (Å²) in [5, 5.41) is 3.27. The van der Waals surface area contributed by atoms with Gasteiger partial charge in [-0.15, -0.1) is 0 Å². The highest BCUT2D eigenvalue weighted by Gasteiger charge is 2.31. The van der Waals surface area contributed by atoms with Crippen LogP contribution in [0.4, 0.5) is 0 Å². The molecule has 5 heteroatoms. The quantitative estimate of drug-likeness (QED) is 0.901. The van der Waals surface area contributed by atoms with Crippen molar-refractivity contribution in [3.8, 4) is 5.75 Å². The molecule has 1 aromatic carbocycles. The summed E-state index contributed by atoms with van der Waals surface area (Å²) in [6.45, 7) is 4.62. The molecule has 2 rings (SSSR count). The number of rotatable bonds is 5. The summed E-state index contributed by atoms with van der Waals surface area (Å²) in [5.41, 5.74) is 1.19. The minimum Gasteiger partial charge on any atom is -0.479 e. The molecule has 0 aromatic heterocycles. The Morgan fingerprint density at radius 2 is 2.32 bits per heavy atom. The maximum atomic E-state index is 11.8. The highest BCUT2D eigenvalue weighted by atomic mass is 79.9. The van der Waals surface area contributed by atoms with Gasteiger partial charge in [0.1, 0.15) is 5.75 Å². The lowest BCUT2D eigenvalue weighted by Gasteiger charge is -2.15. The van der Waals surface area contributed by atoms with Crippen LogP contribution >= 0.6 is 15.9 Å². The van der Waals surface area contributed by atoms with Gasteiger partial charge < -0.3 is 15.0 Å². The lowest BCUT2D eigenvalue weighted by molar-refractivity contribution is -0.132. The van der Waals surface area contributed by atoms with E-state index in [0.717, 1.165) is 36.3 Å². The van der Waals surface area contributed by atoms with E-state index < -0.39 is 0 Å². The molecule has 0 spiro atoms. The Labute approximate surface area is 122 Å². The Morgan fingerprint density at radius 3 is 2.89 bits per heavy atom. The zero-order valence-electron chi connectivity index (χ0n) is 11.3. The first-order valence-corrected chi connectivity index (χ1v) is 7.32. The number of carbonyl (C=O) groups is 1. The summed E-state index contributed by atoms with van der Waals surface area (Å²) in [6.07, 6.45) is 0.405. The van der Waals surface area contributed by atoms with E-state index in [4.69, 9.17) is 4.74 Å². The van der Waals surface area contributed by atoms with Crippen molar-refractivity contribution in [3.63, 3.8) is 0 Å². The van der Waals surface area contributed by atoms with Crippen molar-refractivity contribution in [2.75, 3.05) is 20.1 Å². The summed E-state index contributed by atoms with van der Waals surface area (Å²) in [4.78, 5) is 13.5. The lowest BCUT2D eigenvalue weighted by Crippen LogP contribution is -2.29. The Hall–Kier alpha value is -1.07. The number of nitrogens with one attached hydrogen (secondary N) is 1. The van der Waals surface area contributed by atoms with Gasteiger partial charge in [-0.3, -0.25) is 4.79 Å². The van der Waals surface area contributed by atoms with E-state index in [1.54, 1.807) is 11.9 Å². The number of amides is 1. The topological polar surface area (TPSA) is 41.6 Å². The fourth-order valence-electron chi connectivity index (χ4n) is 2.07. The van der Waals surface area contributed by atoms with Crippen molar-refractivity contribution < 1.29 is 9.53 Å². The Kier molecular flexibility index (Phi) is 4.82. The minimum atomic E-state index is -0.346. The molecule has 1 aliphatic rings. The van der Waals surface area contributed by atoms with Gasteiger partial charge >= 0.3 is 0 Å². The van der Waals surface area contributed by atoms with Gasteiger partial charge in [0.25, 0.3) is 5.91 Å². The lowest BCUT2D eigenvalue weighted by atomic mass is 10.2. The maximum Gasteiger partial charge on any atom is 0.263 e. The fourth-order valence-corrected chi connectivity index (χ4v) is 2.59. The SMILES string of the molecule is CCNCc1ccc(OC2CCN(C)C2=O)c(Br)c1. The van der Waals surface area contributed by atoms with E-state index in [9.17, 15) is 4.79 Å². The van der Waals surface area contributed by atoms with Gasteiger partial charge in [0, 0.05) is 26.6 Å². The van der Waals surface area contributed by atoms with Crippen molar-refractivity contribution in [2.45, 2.75) is 26.0 Å². The molecule has 1 heterocycles. The third kappa shape index (κ3) is 3.48. The number of likely N-dealkylation sites (N-methyl/N-ethyl adjacent to an activating group) is 1. The molecule has 1 fully saturated rings. The molecule has 19 heavy (non-hydrogen) atoms. The first-order valence-electron chi connectivity index (χ1n) is 6.52. The molecule has 1 aromatic rings. The molecule has 1 atom stereocenters. The molecule has 0 saturated carbocycles. The van der Waals surface area contributed by atoms with E-state index in [1.165, 1.54) is 5.56 Å². The van der Waals surface area contributed by atoms with E-state index in [2.05, 4.69) is 28.2 Å². The zero-order chi connectivity index (χ0) is 13.8. The van der Waals surface area contributed by atoms with Crippen LogP contribution in [0, 0.1) is 0 Å². The van der Waals surface area contributed by atoms with Crippen LogP contribution < -0.4 is 10.1 Å². The summed E-state index contributed by atoms with van der Waals surface area (Å²) in [7, 11) is 1.81. The molecule has 1 unspecified atom stereocenters. The number of halogens is 1. The first-order chi connectivity index (χ1) is 9.11. The van der Waals surface area contributed by atoms with Crippen LogP contribution in [0.2, 0.25) is 0 Å². The van der Waals surface area contributed by atoms with Gasteiger partial charge in [0.05, 0.1) is 4.47 Å². The maximum absolute atomic E-state index is 11.8. The highest BCUT2D eigenvalue weighted by Crippen LogP contribution is 2.28. The van der Waals surface area contributed by atoms with Gasteiger partial charge in [0.15, 0.2) is 6.10 Å². The number of hydrogen-bond donors (Lipinski definition) is 1. The Balaban J connectivity index is 2.03.